The highest BCUT2D eigenvalue weighted by atomic mass is 16.2. The summed E-state index contributed by atoms with van der Waals surface area (Å²) in [5.74, 6) is 0.0701. The first kappa shape index (κ1) is 19.3. The Morgan fingerprint density at radius 3 is 2.38 bits per heavy atom. The van der Waals surface area contributed by atoms with E-state index in [1.807, 2.05) is 17.0 Å². The van der Waals surface area contributed by atoms with Crippen LogP contribution in [0.5, 0.6) is 0 Å². The summed E-state index contributed by atoms with van der Waals surface area (Å²) in [5.41, 5.74) is 5.89. The minimum absolute atomic E-state index is 0.0701. The molecule has 1 aliphatic rings. The van der Waals surface area contributed by atoms with Crippen LogP contribution in [0.15, 0.2) is 73.1 Å². The Balaban J connectivity index is 1.57. The van der Waals surface area contributed by atoms with Gasteiger partial charge in [0.2, 0.25) is 0 Å². The molecule has 4 nitrogen and oxygen atoms in total. The summed E-state index contributed by atoms with van der Waals surface area (Å²) in [7, 11) is 0. The Bertz CT molecular complexity index is 964. The van der Waals surface area contributed by atoms with Gasteiger partial charge in [-0.1, -0.05) is 54.1 Å². The molecule has 1 fully saturated rings. The van der Waals surface area contributed by atoms with Crippen molar-refractivity contribution >= 4 is 5.91 Å². The van der Waals surface area contributed by atoms with E-state index in [0.717, 1.165) is 26.2 Å². The molecule has 2 heterocycles. The van der Waals surface area contributed by atoms with E-state index in [9.17, 15) is 4.79 Å². The zero-order chi connectivity index (χ0) is 20.2. The van der Waals surface area contributed by atoms with E-state index < -0.39 is 0 Å². The van der Waals surface area contributed by atoms with Crippen molar-refractivity contribution < 1.29 is 4.79 Å². The topological polar surface area (TPSA) is 36.4 Å². The third kappa shape index (κ3) is 4.22. The van der Waals surface area contributed by atoms with Crippen LogP contribution < -0.4 is 0 Å². The molecule has 0 bridgehead atoms. The minimum atomic E-state index is 0.0701. The van der Waals surface area contributed by atoms with Gasteiger partial charge in [0.1, 0.15) is 0 Å². The number of hydrogen-bond acceptors (Lipinski definition) is 3. The first-order valence-corrected chi connectivity index (χ1v) is 10.2. The highest BCUT2D eigenvalue weighted by Crippen LogP contribution is 2.32. The lowest BCUT2D eigenvalue weighted by Crippen LogP contribution is -2.50. The van der Waals surface area contributed by atoms with Crippen LogP contribution in [0.2, 0.25) is 0 Å². The Morgan fingerprint density at radius 1 is 0.931 bits per heavy atom. The maximum absolute atomic E-state index is 12.8. The average molecular weight is 386 g/mol. The van der Waals surface area contributed by atoms with Crippen LogP contribution in [0.1, 0.15) is 38.7 Å². The number of pyridine rings is 1. The maximum atomic E-state index is 12.8. The molecule has 0 aliphatic carbocycles. The third-order valence-electron chi connectivity index (χ3n) is 5.72. The van der Waals surface area contributed by atoms with Gasteiger partial charge in [0.25, 0.3) is 5.91 Å². The van der Waals surface area contributed by atoms with E-state index in [1.165, 1.54) is 22.3 Å². The second-order valence-corrected chi connectivity index (χ2v) is 7.74. The first-order chi connectivity index (χ1) is 14.1. The Labute approximate surface area is 172 Å². The van der Waals surface area contributed by atoms with Crippen molar-refractivity contribution in [2.24, 2.45) is 0 Å². The average Bonchev–Trinajstić information content (AvgIpc) is 2.78. The number of aryl methyl sites for hydroxylation is 2. The highest BCUT2D eigenvalue weighted by molar-refractivity contribution is 5.93. The zero-order valence-corrected chi connectivity index (χ0v) is 17.1. The number of nitrogens with zero attached hydrogens (tertiary/aromatic N) is 3. The largest absolute Gasteiger partial charge is 0.336 e. The lowest BCUT2D eigenvalue weighted by molar-refractivity contribution is 0.0596. The number of piperazine rings is 1. The van der Waals surface area contributed by atoms with Crippen LogP contribution in [0.3, 0.4) is 0 Å². The van der Waals surface area contributed by atoms with Gasteiger partial charge in [-0.3, -0.25) is 14.7 Å². The summed E-state index contributed by atoms with van der Waals surface area (Å²) >= 11 is 0. The molecule has 29 heavy (non-hydrogen) atoms. The van der Waals surface area contributed by atoms with E-state index in [1.54, 1.807) is 12.4 Å². The van der Waals surface area contributed by atoms with Gasteiger partial charge in [0.15, 0.2) is 0 Å². The molecule has 1 aliphatic heterocycles. The minimum Gasteiger partial charge on any atom is -0.336 e. The van der Waals surface area contributed by atoms with E-state index in [4.69, 9.17) is 0 Å². The third-order valence-corrected chi connectivity index (χ3v) is 5.72. The van der Waals surface area contributed by atoms with Gasteiger partial charge in [-0.2, -0.15) is 0 Å². The van der Waals surface area contributed by atoms with Crippen molar-refractivity contribution in [3.05, 3.63) is 101 Å². The highest BCUT2D eigenvalue weighted by Gasteiger charge is 2.29. The second kappa shape index (κ2) is 8.58. The summed E-state index contributed by atoms with van der Waals surface area (Å²) in [6.45, 7) is 7.48. The smallest absolute Gasteiger partial charge is 0.255 e. The maximum Gasteiger partial charge on any atom is 0.255 e. The van der Waals surface area contributed by atoms with Gasteiger partial charge in [-0.05, 0) is 42.7 Å². The summed E-state index contributed by atoms with van der Waals surface area (Å²) in [5, 5.41) is 0. The lowest BCUT2D eigenvalue weighted by atomic mass is 9.92. The van der Waals surface area contributed by atoms with Crippen LogP contribution in [0.4, 0.5) is 0 Å². The molecule has 1 atom stereocenters. The number of carbonyl (C=O) groups excluding carboxylic acids is 1. The monoisotopic (exact) mass is 385 g/mol. The number of benzene rings is 2. The number of amides is 1. The predicted molar refractivity (Wildman–Crippen MR) is 116 cm³/mol. The fraction of sp³-hybridized carbons (Fsp3) is 0.280. The van der Waals surface area contributed by atoms with Gasteiger partial charge >= 0.3 is 0 Å². The van der Waals surface area contributed by atoms with Gasteiger partial charge in [-0.25, -0.2) is 0 Å². The number of carbonyl (C=O) groups is 1. The van der Waals surface area contributed by atoms with Crippen molar-refractivity contribution in [2.75, 3.05) is 26.2 Å². The van der Waals surface area contributed by atoms with Crippen LogP contribution >= 0.6 is 0 Å². The summed E-state index contributed by atoms with van der Waals surface area (Å²) < 4.78 is 0. The molecule has 2 aromatic carbocycles. The Hall–Kier alpha value is -2.98. The van der Waals surface area contributed by atoms with E-state index in [0.29, 0.717) is 5.56 Å². The van der Waals surface area contributed by atoms with Gasteiger partial charge in [0, 0.05) is 38.6 Å². The van der Waals surface area contributed by atoms with Gasteiger partial charge in [-0.15, -0.1) is 0 Å². The molecule has 0 N–H and O–H groups in total. The Kier molecular flexibility index (Phi) is 5.72. The molecule has 1 saturated heterocycles. The Morgan fingerprint density at radius 2 is 1.69 bits per heavy atom. The number of hydrogen-bond donors (Lipinski definition) is 0. The number of rotatable bonds is 4. The molecule has 1 aromatic heterocycles. The molecule has 1 amide bonds. The van der Waals surface area contributed by atoms with Crippen molar-refractivity contribution in [3.63, 3.8) is 0 Å². The molecular formula is C25H27N3O. The fourth-order valence-corrected chi connectivity index (χ4v) is 4.13. The standard InChI is InChI=1S/C25H27N3O/c1-19-10-11-20(2)23(17-19)24(21-7-4-3-5-8-21)27-13-15-28(16-14-27)25(29)22-9-6-12-26-18-22/h3-12,17-18,24H,13-16H2,1-2H3. The number of aromatic nitrogens is 1. The summed E-state index contributed by atoms with van der Waals surface area (Å²) in [4.78, 5) is 21.3. The summed E-state index contributed by atoms with van der Waals surface area (Å²) in [6, 6.07) is 21.2. The van der Waals surface area contributed by atoms with Crippen molar-refractivity contribution in [1.82, 2.24) is 14.8 Å². The quantitative estimate of drug-likeness (QED) is 0.674. The normalized spacial score (nSPS) is 15.9. The van der Waals surface area contributed by atoms with Crippen LogP contribution in [0, 0.1) is 13.8 Å². The van der Waals surface area contributed by atoms with Crippen LogP contribution in [-0.4, -0.2) is 46.9 Å². The zero-order valence-electron chi connectivity index (χ0n) is 17.1. The molecule has 0 saturated carbocycles. The predicted octanol–water partition coefficient (Wildman–Crippen LogP) is 4.25. The molecule has 0 spiro atoms. The van der Waals surface area contributed by atoms with Crippen molar-refractivity contribution in [1.29, 1.82) is 0 Å². The molecular weight excluding hydrogens is 358 g/mol. The second-order valence-electron chi connectivity index (χ2n) is 7.74. The van der Waals surface area contributed by atoms with E-state index in [-0.39, 0.29) is 11.9 Å². The van der Waals surface area contributed by atoms with Crippen molar-refractivity contribution in [3.8, 4) is 0 Å². The lowest BCUT2D eigenvalue weighted by Gasteiger charge is -2.40. The fourth-order valence-electron chi connectivity index (χ4n) is 4.13. The first-order valence-electron chi connectivity index (χ1n) is 10.2. The summed E-state index contributed by atoms with van der Waals surface area (Å²) in [6.07, 6.45) is 3.35. The van der Waals surface area contributed by atoms with Gasteiger partial charge < -0.3 is 4.90 Å². The molecule has 4 heteroatoms. The molecule has 0 radical (unpaired) electrons. The molecule has 148 valence electrons. The van der Waals surface area contributed by atoms with Gasteiger partial charge in [0.05, 0.1) is 11.6 Å². The van der Waals surface area contributed by atoms with E-state index >= 15 is 0 Å². The van der Waals surface area contributed by atoms with Crippen LogP contribution in [-0.2, 0) is 0 Å². The molecule has 4 rings (SSSR count). The SMILES string of the molecule is Cc1ccc(C)c(C(c2ccccc2)N2CCN(C(=O)c3cccnc3)CC2)c1. The van der Waals surface area contributed by atoms with E-state index in [2.05, 4.69) is 72.3 Å². The molecule has 3 aromatic rings. The van der Waals surface area contributed by atoms with Crippen LogP contribution in [0.25, 0.3) is 0 Å². The molecule has 1 unspecified atom stereocenters. The van der Waals surface area contributed by atoms with Crippen molar-refractivity contribution in [2.45, 2.75) is 19.9 Å².